The Balaban J connectivity index is 0.000000445. The molecule has 1 atom stereocenters. The van der Waals surface area contributed by atoms with Crippen molar-refractivity contribution in [3.8, 4) is 11.1 Å². The van der Waals surface area contributed by atoms with Crippen LogP contribution in [0.5, 0.6) is 0 Å². The van der Waals surface area contributed by atoms with Gasteiger partial charge in [0, 0.05) is 30.4 Å². The summed E-state index contributed by atoms with van der Waals surface area (Å²) >= 11 is 0. The largest absolute Gasteiger partial charge is 0.381 e. The lowest BCUT2D eigenvalue weighted by Gasteiger charge is -2.24. The Morgan fingerprint density at radius 1 is 0.889 bits per heavy atom. The quantitative estimate of drug-likeness (QED) is 0.519. The highest BCUT2D eigenvalue weighted by Gasteiger charge is 2.25. The van der Waals surface area contributed by atoms with Gasteiger partial charge >= 0.3 is 0 Å². The van der Waals surface area contributed by atoms with E-state index < -0.39 is 0 Å². The van der Waals surface area contributed by atoms with Crippen LogP contribution in [-0.4, -0.2) is 33.2 Å². The van der Waals surface area contributed by atoms with E-state index in [2.05, 4.69) is 80.9 Å². The van der Waals surface area contributed by atoms with Crippen LogP contribution in [0.25, 0.3) is 11.1 Å². The van der Waals surface area contributed by atoms with Crippen LogP contribution in [0.15, 0.2) is 66.7 Å². The summed E-state index contributed by atoms with van der Waals surface area (Å²) < 4.78 is 5.07. The van der Waals surface area contributed by atoms with Crippen LogP contribution in [0.1, 0.15) is 47.9 Å². The highest BCUT2D eigenvalue weighted by molar-refractivity contribution is 5.93. The van der Waals surface area contributed by atoms with Crippen molar-refractivity contribution in [3.05, 3.63) is 89.0 Å². The number of anilines is 1. The van der Waals surface area contributed by atoms with E-state index in [1.54, 1.807) is 0 Å². The van der Waals surface area contributed by atoms with Crippen molar-refractivity contribution >= 4 is 11.6 Å². The van der Waals surface area contributed by atoms with Gasteiger partial charge in [0.1, 0.15) is 6.54 Å². The fraction of sp³-hybridized carbons (Fsp3) is 0.406. The smallest absolute Gasteiger partial charge is 0.227 e. The van der Waals surface area contributed by atoms with E-state index in [4.69, 9.17) is 4.74 Å². The summed E-state index contributed by atoms with van der Waals surface area (Å²) in [6.45, 7) is 5.09. The Morgan fingerprint density at radius 3 is 2.19 bits per heavy atom. The van der Waals surface area contributed by atoms with Crippen LogP contribution >= 0.6 is 0 Å². The molecule has 0 spiro atoms. The minimum absolute atomic E-state index is 0.0247. The van der Waals surface area contributed by atoms with Crippen molar-refractivity contribution in [3.63, 3.8) is 0 Å². The molecule has 1 amide bonds. The van der Waals surface area contributed by atoms with Crippen molar-refractivity contribution in [2.75, 3.05) is 32.6 Å². The van der Waals surface area contributed by atoms with Gasteiger partial charge in [0.2, 0.25) is 5.91 Å². The molecule has 0 aromatic heterocycles. The number of aryl methyl sites for hydroxylation is 2. The lowest BCUT2D eigenvalue weighted by molar-refractivity contribution is -0.872. The molecule has 5 rings (SSSR count). The molecule has 1 unspecified atom stereocenters. The second kappa shape index (κ2) is 12.8. The molecule has 1 fully saturated rings. The Hall–Kier alpha value is -2.95. The van der Waals surface area contributed by atoms with Crippen LogP contribution in [0.2, 0.25) is 0 Å². The number of amides is 1. The van der Waals surface area contributed by atoms with Crippen molar-refractivity contribution in [1.29, 1.82) is 0 Å². The maximum atomic E-state index is 12.9. The maximum Gasteiger partial charge on any atom is 0.227 e. The number of ether oxygens (including phenoxy) is 1. The zero-order chi connectivity index (χ0) is 25.3. The van der Waals surface area contributed by atoms with Crippen molar-refractivity contribution in [2.45, 2.75) is 52.0 Å². The maximum absolute atomic E-state index is 12.9. The van der Waals surface area contributed by atoms with Gasteiger partial charge in [-0.15, -0.1) is 0 Å². The highest BCUT2D eigenvalue weighted by Crippen LogP contribution is 2.31. The number of quaternary nitrogens is 1. The molecule has 0 radical (unpaired) electrons. The summed E-state index contributed by atoms with van der Waals surface area (Å²) in [5.41, 5.74) is 8.58. The molecule has 2 N–H and O–H groups in total. The molecule has 1 aliphatic carbocycles. The first kappa shape index (κ1) is 26.1. The average molecular weight is 486 g/mol. The van der Waals surface area contributed by atoms with Gasteiger partial charge in [-0.2, -0.15) is 0 Å². The molecular formula is C32H41N2O2+. The molecule has 0 saturated carbocycles. The molecule has 1 saturated heterocycles. The minimum Gasteiger partial charge on any atom is -0.381 e. The van der Waals surface area contributed by atoms with E-state index in [0.717, 1.165) is 44.7 Å². The predicted molar refractivity (Wildman–Crippen MR) is 148 cm³/mol. The standard InChI is InChI=1S/C27H30N2O.C5H10O/c1-19-4-8-21(9-5-19)23-12-10-22-11-13-24(17-25(22)16-23)27(30)28-26-14-6-20(7-15-26)18-29(2)3;1-2-4-6-5-3-1/h4-10,12,14-16,24H,11,13,17-18H2,1-3H3,(H,28,30);1-5H2/p+1. The number of fused-ring (bicyclic) bond motifs is 1. The fourth-order valence-electron chi connectivity index (χ4n) is 4.95. The second-order valence-corrected chi connectivity index (χ2v) is 10.5. The van der Waals surface area contributed by atoms with Crippen LogP contribution in [0.4, 0.5) is 5.69 Å². The van der Waals surface area contributed by atoms with E-state index >= 15 is 0 Å². The number of benzene rings is 3. The van der Waals surface area contributed by atoms with Crippen molar-refractivity contribution in [2.24, 2.45) is 5.92 Å². The molecule has 0 bridgehead atoms. The van der Waals surface area contributed by atoms with Gasteiger partial charge in [0.05, 0.1) is 14.1 Å². The molecule has 1 heterocycles. The molecule has 36 heavy (non-hydrogen) atoms. The third-order valence-electron chi connectivity index (χ3n) is 7.05. The van der Waals surface area contributed by atoms with Gasteiger partial charge in [-0.05, 0) is 79.8 Å². The number of carbonyl (C=O) groups is 1. The van der Waals surface area contributed by atoms with Gasteiger partial charge in [-0.3, -0.25) is 4.79 Å². The molecule has 4 heteroatoms. The summed E-state index contributed by atoms with van der Waals surface area (Å²) in [6.07, 6.45) is 6.61. The summed E-state index contributed by atoms with van der Waals surface area (Å²) in [7, 11) is 4.28. The van der Waals surface area contributed by atoms with E-state index in [-0.39, 0.29) is 11.8 Å². The lowest BCUT2D eigenvalue weighted by atomic mass is 9.82. The molecule has 1 aliphatic heterocycles. The Bertz CT molecular complexity index is 1100. The Morgan fingerprint density at radius 2 is 1.58 bits per heavy atom. The number of rotatable bonds is 5. The number of nitrogens with one attached hydrogen (secondary N) is 2. The summed E-state index contributed by atoms with van der Waals surface area (Å²) in [5, 5.41) is 3.13. The third-order valence-corrected chi connectivity index (χ3v) is 7.05. The topological polar surface area (TPSA) is 42.8 Å². The Kier molecular flexibility index (Phi) is 9.32. The van der Waals surface area contributed by atoms with Crippen LogP contribution < -0.4 is 10.2 Å². The first-order chi connectivity index (χ1) is 17.5. The SMILES string of the molecule is C1CCOCC1.Cc1ccc(-c2ccc3c(c2)CC(C(=O)Nc2ccc(C[NH+](C)C)cc2)CC3)cc1. The normalized spacial score (nSPS) is 17.1. The van der Waals surface area contributed by atoms with Crippen LogP contribution in [0.3, 0.4) is 0 Å². The molecule has 4 nitrogen and oxygen atoms in total. The zero-order valence-electron chi connectivity index (χ0n) is 22.1. The predicted octanol–water partition coefficient (Wildman–Crippen LogP) is 5.24. The number of hydrogen-bond acceptors (Lipinski definition) is 2. The summed E-state index contributed by atoms with van der Waals surface area (Å²) in [6, 6.07) is 23.6. The Labute approximate surface area is 216 Å². The van der Waals surface area contributed by atoms with Gasteiger partial charge in [-0.25, -0.2) is 0 Å². The van der Waals surface area contributed by atoms with Gasteiger partial charge in [0.15, 0.2) is 0 Å². The van der Waals surface area contributed by atoms with Gasteiger partial charge in [0.25, 0.3) is 0 Å². The summed E-state index contributed by atoms with van der Waals surface area (Å²) in [4.78, 5) is 14.3. The second-order valence-electron chi connectivity index (χ2n) is 10.5. The van der Waals surface area contributed by atoms with Gasteiger partial charge < -0.3 is 15.0 Å². The molecular weight excluding hydrogens is 444 g/mol. The molecule has 2 aliphatic rings. The van der Waals surface area contributed by atoms with Crippen molar-refractivity contribution < 1.29 is 14.4 Å². The third kappa shape index (κ3) is 7.52. The zero-order valence-corrected chi connectivity index (χ0v) is 22.1. The summed E-state index contributed by atoms with van der Waals surface area (Å²) in [5.74, 6) is 0.157. The molecule has 3 aromatic carbocycles. The molecule has 190 valence electrons. The highest BCUT2D eigenvalue weighted by atomic mass is 16.5. The van der Waals surface area contributed by atoms with E-state index in [9.17, 15) is 4.79 Å². The molecule has 3 aromatic rings. The van der Waals surface area contributed by atoms with Gasteiger partial charge in [-0.1, -0.05) is 60.2 Å². The fourth-order valence-corrected chi connectivity index (χ4v) is 4.95. The average Bonchev–Trinajstić information content (AvgIpc) is 2.90. The van der Waals surface area contributed by atoms with E-state index in [1.165, 1.54) is 57.5 Å². The number of hydrogen-bond donors (Lipinski definition) is 2. The van der Waals surface area contributed by atoms with Crippen molar-refractivity contribution in [1.82, 2.24) is 0 Å². The van der Waals surface area contributed by atoms with Crippen LogP contribution in [0, 0.1) is 12.8 Å². The van der Waals surface area contributed by atoms with E-state index in [1.807, 2.05) is 12.1 Å². The first-order valence-electron chi connectivity index (χ1n) is 13.4. The number of carbonyl (C=O) groups excluding carboxylic acids is 1. The lowest BCUT2D eigenvalue weighted by Crippen LogP contribution is -3.04. The monoisotopic (exact) mass is 485 g/mol. The first-order valence-corrected chi connectivity index (χ1v) is 13.4. The minimum atomic E-state index is 0.0247. The van der Waals surface area contributed by atoms with E-state index in [0.29, 0.717) is 0 Å². The van der Waals surface area contributed by atoms with Crippen LogP contribution in [-0.2, 0) is 28.9 Å².